The van der Waals surface area contributed by atoms with E-state index in [4.69, 9.17) is 10.4 Å². The summed E-state index contributed by atoms with van der Waals surface area (Å²) in [6.45, 7) is 3.72. The van der Waals surface area contributed by atoms with Crippen molar-refractivity contribution >= 4 is 5.82 Å². The molecule has 0 saturated heterocycles. The lowest BCUT2D eigenvalue weighted by Gasteiger charge is -2.11. The minimum Gasteiger partial charge on any atom is -0.394 e. The summed E-state index contributed by atoms with van der Waals surface area (Å²) in [5.74, 6) is 0.619. The molecule has 0 amide bonds. The van der Waals surface area contributed by atoms with Crippen molar-refractivity contribution in [1.82, 2.24) is 4.98 Å². The summed E-state index contributed by atoms with van der Waals surface area (Å²) in [6, 6.07) is 5.58. The molecule has 0 spiro atoms. The first-order valence-electron chi connectivity index (χ1n) is 4.42. The van der Waals surface area contributed by atoms with E-state index in [0.29, 0.717) is 11.5 Å². The third kappa shape index (κ3) is 2.44. The number of aliphatic hydroxyl groups is 1. The minimum absolute atomic E-state index is 0.0391. The highest BCUT2D eigenvalue weighted by molar-refractivity contribution is 5.42. The van der Waals surface area contributed by atoms with Crippen LogP contribution in [0.15, 0.2) is 12.1 Å². The fourth-order valence-corrected chi connectivity index (χ4v) is 1.02. The van der Waals surface area contributed by atoms with E-state index in [-0.39, 0.29) is 12.6 Å². The zero-order chi connectivity index (χ0) is 10.6. The van der Waals surface area contributed by atoms with E-state index in [9.17, 15) is 0 Å². The van der Waals surface area contributed by atoms with Gasteiger partial charge in [-0.3, -0.25) is 0 Å². The van der Waals surface area contributed by atoms with Crippen LogP contribution >= 0.6 is 0 Å². The number of rotatable bonds is 3. The highest BCUT2D eigenvalue weighted by Crippen LogP contribution is 2.10. The molecule has 4 nitrogen and oxygen atoms in total. The first-order chi connectivity index (χ1) is 6.67. The molecule has 0 aliphatic heterocycles. The van der Waals surface area contributed by atoms with E-state index >= 15 is 0 Å². The largest absolute Gasteiger partial charge is 0.394 e. The van der Waals surface area contributed by atoms with Crippen LogP contribution in [0, 0.1) is 18.3 Å². The Labute approximate surface area is 83.2 Å². The van der Waals surface area contributed by atoms with E-state index in [1.54, 1.807) is 6.07 Å². The zero-order valence-corrected chi connectivity index (χ0v) is 8.28. The van der Waals surface area contributed by atoms with Crippen LogP contribution in [0.25, 0.3) is 0 Å². The summed E-state index contributed by atoms with van der Waals surface area (Å²) in [5, 5.41) is 20.5. The first kappa shape index (κ1) is 10.5. The second-order valence-corrected chi connectivity index (χ2v) is 3.20. The summed E-state index contributed by atoms with van der Waals surface area (Å²) < 4.78 is 0. The standard InChI is InChI=1S/C10H13N3O/c1-7-3-4-10(12-8(2)6-14)13-9(7)5-11/h3-4,8,14H,6H2,1-2H3,(H,12,13)/t8-/m0/s1. The van der Waals surface area contributed by atoms with Gasteiger partial charge in [0.1, 0.15) is 17.6 Å². The third-order valence-corrected chi connectivity index (χ3v) is 1.87. The SMILES string of the molecule is Cc1ccc(N[C@@H](C)CO)nc1C#N. The van der Waals surface area contributed by atoms with Gasteiger partial charge < -0.3 is 10.4 Å². The van der Waals surface area contributed by atoms with Gasteiger partial charge in [-0.15, -0.1) is 0 Å². The van der Waals surface area contributed by atoms with Gasteiger partial charge in [-0.2, -0.15) is 5.26 Å². The van der Waals surface area contributed by atoms with Crippen LogP contribution in [0.1, 0.15) is 18.2 Å². The number of aliphatic hydroxyl groups excluding tert-OH is 1. The summed E-state index contributed by atoms with van der Waals surface area (Å²) in [7, 11) is 0. The van der Waals surface area contributed by atoms with Crippen LogP contribution in [-0.2, 0) is 0 Å². The van der Waals surface area contributed by atoms with Gasteiger partial charge in [-0.25, -0.2) is 4.98 Å². The molecule has 4 heteroatoms. The van der Waals surface area contributed by atoms with E-state index < -0.39 is 0 Å². The summed E-state index contributed by atoms with van der Waals surface area (Å²) in [6.07, 6.45) is 0. The van der Waals surface area contributed by atoms with E-state index in [1.807, 2.05) is 26.0 Å². The molecule has 0 unspecified atom stereocenters. The molecule has 0 aliphatic carbocycles. The Hall–Kier alpha value is -1.60. The van der Waals surface area contributed by atoms with Crippen molar-refractivity contribution in [2.24, 2.45) is 0 Å². The molecule has 0 aromatic carbocycles. The molecule has 1 rings (SSSR count). The molecule has 1 heterocycles. The average molecular weight is 191 g/mol. The molecule has 74 valence electrons. The van der Waals surface area contributed by atoms with Gasteiger partial charge in [-0.1, -0.05) is 6.07 Å². The van der Waals surface area contributed by atoms with Gasteiger partial charge in [-0.05, 0) is 25.5 Å². The second kappa shape index (κ2) is 4.58. The van der Waals surface area contributed by atoms with Crippen LogP contribution in [0.5, 0.6) is 0 Å². The number of pyridine rings is 1. The quantitative estimate of drug-likeness (QED) is 0.749. The molecule has 1 aromatic heterocycles. The van der Waals surface area contributed by atoms with Gasteiger partial charge in [0.05, 0.1) is 6.61 Å². The lowest BCUT2D eigenvalue weighted by Crippen LogP contribution is -2.20. The van der Waals surface area contributed by atoms with Crippen molar-refractivity contribution in [1.29, 1.82) is 5.26 Å². The van der Waals surface area contributed by atoms with E-state index in [0.717, 1.165) is 5.56 Å². The maximum Gasteiger partial charge on any atom is 0.145 e. The molecule has 0 fully saturated rings. The number of hydrogen-bond donors (Lipinski definition) is 2. The molecule has 0 bridgehead atoms. The Bertz CT molecular complexity index is 357. The van der Waals surface area contributed by atoms with Crippen molar-refractivity contribution in [2.45, 2.75) is 19.9 Å². The highest BCUT2D eigenvalue weighted by Gasteiger charge is 2.03. The molecule has 2 N–H and O–H groups in total. The van der Waals surface area contributed by atoms with Crippen LogP contribution in [0.3, 0.4) is 0 Å². The highest BCUT2D eigenvalue weighted by atomic mass is 16.3. The van der Waals surface area contributed by atoms with Crippen molar-refractivity contribution in [2.75, 3.05) is 11.9 Å². The van der Waals surface area contributed by atoms with E-state index in [2.05, 4.69) is 10.3 Å². The van der Waals surface area contributed by atoms with Gasteiger partial charge in [0.25, 0.3) is 0 Å². The third-order valence-electron chi connectivity index (χ3n) is 1.87. The molecular formula is C10H13N3O. The van der Waals surface area contributed by atoms with Crippen LogP contribution in [0.2, 0.25) is 0 Å². The van der Waals surface area contributed by atoms with Gasteiger partial charge in [0, 0.05) is 6.04 Å². The Morgan fingerprint density at radius 3 is 2.93 bits per heavy atom. The second-order valence-electron chi connectivity index (χ2n) is 3.20. The molecule has 0 saturated carbocycles. The Morgan fingerprint density at radius 1 is 1.64 bits per heavy atom. The molecule has 0 aliphatic rings. The maximum absolute atomic E-state index is 8.82. The topological polar surface area (TPSA) is 68.9 Å². The van der Waals surface area contributed by atoms with Gasteiger partial charge in [0.15, 0.2) is 0 Å². The number of nitriles is 1. The fourth-order valence-electron chi connectivity index (χ4n) is 1.02. The number of hydrogen-bond acceptors (Lipinski definition) is 4. The minimum atomic E-state index is -0.0586. The van der Waals surface area contributed by atoms with Crippen molar-refractivity contribution in [3.05, 3.63) is 23.4 Å². The molecule has 1 aromatic rings. The smallest absolute Gasteiger partial charge is 0.145 e. The zero-order valence-electron chi connectivity index (χ0n) is 8.28. The van der Waals surface area contributed by atoms with Crippen molar-refractivity contribution in [3.8, 4) is 6.07 Å². The first-order valence-corrected chi connectivity index (χ1v) is 4.42. The Kier molecular flexibility index (Phi) is 3.43. The summed E-state index contributed by atoms with van der Waals surface area (Å²) in [4.78, 5) is 4.10. The van der Waals surface area contributed by atoms with Crippen LogP contribution in [0.4, 0.5) is 5.82 Å². The normalized spacial score (nSPS) is 11.9. The number of anilines is 1. The lowest BCUT2D eigenvalue weighted by molar-refractivity contribution is 0.281. The van der Waals surface area contributed by atoms with Crippen LogP contribution < -0.4 is 5.32 Å². The Morgan fingerprint density at radius 2 is 2.36 bits per heavy atom. The number of nitrogens with one attached hydrogen (secondary N) is 1. The lowest BCUT2D eigenvalue weighted by atomic mass is 10.2. The van der Waals surface area contributed by atoms with E-state index in [1.165, 1.54) is 0 Å². The molecule has 0 radical (unpaired) electrons. The number of aromatic nitrogens is 1. The van der Waals surface area contributed by atoms with Crippen molar-refractivity contribution in [3.63, 3.8) is 0 Å². The van der Waals surface area contributed by atoms with Crippen molar-refractivity contribution < 1.29 is 5.11 Å². The Balaban J connectivity index is 2.86. The van der Waals surface area contributed by atoms with Crippen LogP contribution in [-0.4, -0.2) is 22.7 Å². The number of aryl methyl sites for hydroxylation is 1. The predicted octanol–water partition coefficient (Wildman–Crippen LogP) is 1.05. The average Bonchev–Trinajstić information content (AvgIpc) is 2.20. The molecule has 1 atom stereocenters. The molecular weight excluding hydrogens is 178 g/mol. The van der Waals surface area contributed by atoms with Gasteiger partial charge >= 0.3 is 0 Å². The maximum atomic E-state index is 8.82. The summed E-state index contributed by atoms with van der Waals surface area (Å²) >= 11 is 0. The fraction of sp³-hybridized carbons (Fsp3) is 0.400. The monoisotopic (exact) mass is 191 g/mol. The predicted molar refractivity (Wildman–Crippen MR) is 53.9 cm³/mol. The summed E-state index contributed by atoms with van der Waals surface area (Å²) in [5.41, 5.74) is 1.27. The molecule has 14 heavy (non-hydrogen) atoms. The van der Waals surface area contributed by atoms with Gasteiger partial charge in [0.2, 0.25) is 0 Å². The number of nitrogens with zero attached hydrogens (tertiary/aromatic N) is 2.